The van der Waals surface area contributed by atoms with E-state index in [1.807, 2.05) is 43.6 Å². The molecule has 1 aromatic carbocycles. The van der Waals surface area contributed by atoms with Crippen LogP contribution in [0.3, 0.4) is 0 Å². The molecule has 0 radical (unpaired) electrons. The highest BCUT2D eigenvalue weighted by molar-refractivity contribution is 6.32. The highest BCUT2D eigenvalue weighted by Gasteiger charge is 2.16. The molecule has 0 spiro atoms. The van der Waals surface area contributed by atoms with Crippen molar-refractivity contribution in [3.8, 4) is 11.5 Å². The van der Waals surface area contributed by atoms with Crippen molar-refractivity contribution in [2.24, 2.45) is 4.99 Å². The molecule has 2 aromatic rings. The molecule has 25 heavy (non-hydrogen) atoms. The summed E-state index contributed by atoms with van der Waals surface area (Å²) in [4.78, 5) is 4.62. The molecule has 1 aromatic heterocycles. The Morgan fingerprint density at radius 2 is 2.00 bits per heavy atom. The number of aliphatic imine (C=N–C) groups is 1. The van der Waals surface area contributed by atoms with E-state index < -0.39 is 0 Å². The number of guanidine groups is 1. The molecule has 0 aliphatic carbocycles. The summed E-state index contributed by atoms with van der Waals surface area (Å²) in [5.74, 6) is 2.09. The molecule has 0 saturated carbocycles. The monoisotopic (exact) mass is 362 g/mol. The minimum atomic E-state index is 0.509. The van der Waals surface area contributed by atoms with Crippen molar-refractivity contribution < 1.29 is 9.47 Å². The van der Waals surface area contributed by atoms with Gasteiger partial charge in [-0.2, -0.15) is 0 Å². The van der Waals surface area contributed by atoms with E-state index in [1.165, 1.54) is 0 Å². The van der Waals surface area contributed by atoms with E-state index in [0.29, 0.717) is 36.3 Å². The summed E-state index contributed by atoms with van der Waals surface area (Å²) in [5, 5.41) is 7.15. The first kappa shape index (κ1) is 17.5. The number of fused-ring (bicyclic) bond motifs is 1. The number of hydrogen-bond acceptors (Lipinski definition) is 3. The predicted octanol–water partition coefficient (Wildman–Crippen LogP) is 2.67. The number of hydrogen-bond donors (Lipinski definition) is 2. The molecule has 3 rings (SSSR count). The summed E-state index contributed by atoms with van der Waals surface area (Å²) in [6.07, 6.45) is 4.09. The highest BCUT2D eigenvalue weighted by atomic mass is 35.5. The smallest absolute Gasteiger partial charge is 0.191 e. The lowest BCUT2D eigenvalue weighted by molar-refractivity contribution is 0.171. The molecule has 1 aliphatic heterocycles. The lowest BCUT2D eigenvalue weighted by atomic mass is 10.2. The normalized spacial score (nSPS) is 13.6. The molecule has 2 heterocycles. The molecule has 0 unspecified atom stereocenters. The van der Waals surface area contributed by atoms with E-state index in [1.54, 1.807) is 0 Å². The quantitative estimate of drug-likeness (QED) is 0.612. The standard InChI is InChI=1S/C18H23ClN4O2/c1-2-20-18(21-5-8-23-6-3-4-7-23)22-13-14-11-15(19)17-16(12-14)24-9-10-25-17/h3-4,6-7,11-12H,2,5,8-10,13H2,1H3,(H2,20,21,22). The van der Waals surface area contributed by atoms with Crippen molar-refractivity contribution in [3.05, 3.63) is 47.2 Å². The second-order valence-electron chi connectivity index (χ2n) is 5.64. The third-order valence-electron chi connectivity index (χ3n) is 3.75. The third kappa shape index (κ3) is 4.82. The zero-order chi connectivity index (χ0) is 17.5. The lowest BCUT2D eigenvalue weighted by Gasteiger charge is -2.20. The summed E-state index contributed by atoms with van der Waals surface area (Å²) >= 11 is 6.28. The van der Waals surface area contributed by atoms with Crippen LogP contribution in [0.15, 0.2) is 41.7 Å². The fourth-order valence-corrected chi connectivity index (χ4v) is 2.88. The number of halogens is 1. The van der Waals surface area contributed by atoms with E-state index in [0.717, 1.165) is 31.2 Å². The second kappa shape index (κ2) is 8.67. The second-order valence-corrected chi connectivity index (χ2v) is 6.05. The van der Waals surface area contributed by atoms with Crippen molar-refractivity contribution in [2.45, 2.75) is 20.0 Å². The van der Waals surface area contributed by atoms with Crippen LogP contribution >= 0.6 is 11.6 Å². The van der Waals surface area contributed by atoms with Gasteiger partial charge in [0.05, 0.1) is 11.6 Å². The molecule has 0 bridgehead atoms. The van der Waals surface area contributed by atoms with Gasteiger partial charge in [-0.15, -0.1) is 0 Å². The SMILES string of the molecule is CCNC(=NCc1cc(Cl)c2c(c1)OCCO2)NCCn1cccc1. The number of aromatic nitrogens is 1. The first-order chi connectivity index (χ1) is 12.3. The van der Waals surface area contributed by atoms with Gasteiger partial charge in [0.15, 0.2) is 17.5 Å². The van der Waals surface area contributed by atoms with Gasteiger partial charge >= 0.3 is 0 Å². The van der Waals surface area contributed by atoms with Crippen LogP contribution < -0.4 is 20.1 Å². The van der Waals surface area contributed by atoms with Gasteiger partial charge in [0, 0.05) is 32.0 Å². The van der Waals surface area contributed by atoms with Gasteiger partial charge in [0.1, 0.15) is 13.2 Å². The molecule has 0 atom stereocenters. The Balaban J connectivity index is 1.61. The van der Waals surface area contributed by atoms with Crippen LogP contribution in [-0.4, -0.2) is 36.8 Å². The Hall–Kier alpha value is -2.34. The van der Waals surface area contributed by atoms with Crippen LogP contribution in [0, 0.1) is 0 Å². The van der Waals surface area contributed by atoms with Gasteiger partial charge in [-0.3, -0.25) is 0 Å². The van der Waals surface area contributed by atoms with Gasteiger partial charge < -0.3 is 24.7 Å². The third-order valence-corrected chi connectivity index (χ3v) is 4.03. The van der Waals surface area contributed by atoms with E-state index in [4.69, 9.17) is 21.1 Å². The highest BCUT2D eigenvalue weighted by Crippen LogP contribution is 2.38. The molecule has 0 amide bonds. The van der Waals surface area contributed by atoms with Crippen molar-refractivity contribution in [3.63, 3.8) is 0 Å². The number of nitrogens with zero attached hydrogens (tertiary/aromatic N) is 2. The maximum Gasteiger partial charge on any atom is 0.191 e. The van der Waals surface area contributed by atoms with Gasteiger partial charge in [-0.1, -0.05) is 11.6 Å². The first-order valence-corrected chi connectivity index (χ1v) is 8.85. The largest absolute Gasteiger partial charge is 0.486 e. The van der Waals surface area contributed by atoms with Gasteiger partial charge in [0.25, 0.3) is 0 Å². The molecule has 2 N–H and O–H groups in total. The van der Waals surface area contributed by atoms with Crippen LogP contribution in [0.4, 0.5) is 0 Å². The Kier molecular flexibility index (Phi) is 6.06. The summed E-state index contributed by atoms with van der Waals surface area (Å²) < 4.78 is 13.3. The number of benzene rings is 1. The van der Waals surface area contributed by atoms with E-state index in [2.05, 4.69) is 20.2 Å². The Labute approximate surface area is 152 Å². The average molecular weight is 363 g/mol. The fourth-order valence-electron chi connectivity index (χ4n) is 2.59. The topological polar surface area (TPSA) is 59.8 Å². The molecule has 1 aliphatic rings. The maximum atomic E-state index is 6.28. The Morgan fingerprint density at radius 3 is 2.80 bits per heavy atom. The zero-order valence-electron chi connectivity index (χ0n) is 14.3. The molecular weight excluding hydrogens is 340 g/mol. The molecule has 7 heteroatoms. The summed E-state index contributed by atoms with van der Waals surface area (Å²) in [6, 6.07) is 7.85. The van der Waals surface area contributed by atoms with Crippen LogP contribution in [-0.2, 0) is 13.1 Å². The molecular formula is C18H23ClN4O2. The summed E-state index contributed by atoms with van der Waals surface area (Å²) in [6.45, 7) is 6.10. The predicted molar refractivity (Wildman–Crippen MR) is 99.7 cm³/mol. The zero-order valence-corrected chi connectivity index (χ0v) is 15.1. The minimum Gasteiger partial charge on any atom is -0.486 e. The first-order valence-electron chi connectivity index (χ1n) is 8.47. The van der Waals surface area contributed by atoms with E-state index >= 15 is 0 Å². The van der Waals surface area contributed by atoms with Crippen molar-refractivity contribution in [2.75, 3.05) is 26.3 Å². The lowest BCUT2D eigenvalue weighted by Crippen LogP contribution is -2.38. The number of rotatable bonds is 6. The van der Waals surface area contributed by atoms with Crippen molar-refractivity contribution in [1.29, 1.82) is 0 Å². The van der Waals surface area contributed by atoms with Gasteiger partial charge in [0.2, 0.25) is 0 Å². The minimum absolute atomic E-state index is 0.509. The van der Waals surface area contributed by atoms with Gasteiger partial charge in [-0.25, -0.2) is 4.99 Å². The fraction of sp³-hybridized carbons (Fsp3) is 0.389. The molecule has 0 fully saturated rings. The molecule has 6 nitrogen and oxygen atoms in total. The van der Waals surface area contributed by atoms with Crippen molar-refractivity contribution >= 4 is 17.6 Å². The summed E-state index contributed by atoms with van der Waals surface area (Å²) in [7, 11) is 0. The molecule has 134 valence electrons. The average Bonchev–Trinajstić information content (AvgIpc) is 3.13. The van der Waals surface area contributed by atoms with Gasteiger partial charge in [-0.05, 0) is 36.8 Å². The Morgan fingerprint density at radius 1 is 1.20 bits per heavy atom. The molecule has 0 saturated heterocycles. The van der Waals surface area contributed by atoms with Crippen LogP contribution in [0.25, 0.3) is 0 Å². The Bertz CT molecular complexity index is 716. The van der Waals surface area contributed by atoms with E-state index in [-0.39, 0.29) is 0 Å². The van der Waals surface area contributed by atoms with Crippen LogP contribution in [0.2, 0.25) is 5.02 Å². The number of ether oxygens (including phenoxy) is 2. The number of nitrogens with one attached hydrogen (secondary N) is 2. The van der Waals surface area contributed by atoms with Crippen LogP contribution in [0.5, 0.6) is 11.5 Å². The van der Waals surface area contributed by atoms with Crippen LogP contribution in [0.1, 0.15) is 12.5 Å². The summed E-state index contributed by atoms with van der Waals surface area (Å²) in [5.41, 5.74) is 0.983. The maximum absolute atomic E-state index is 6.28. The van der Waals surface area contributed by atoms with Crippen molar-refractivity contribution in [1.82, 2.24) is 15.2 Å². The van der Waals surface area contributed by atoms with E-state index in [9.17, 15) is 0 Å².